The Morgan fingerprint density at radius 3 is 2.44 bits per heavy atom. The van der Waals surface area contributed by atoms with Gasteiger partial charge in [0.2, 0.25) is 5.95 Å². The third-order valence-electron chi connectivity index (χ3n) is 3.98. The Bertz CT molecular complexity index is 745. The number of nitrogens with zero attached hydrogens (tertiary/aromatic N) is 4. The number of hydrogen-bond acceptors (Lipinski definition) is 4. The summed E-state index contributed by atoms with van der Waals surface area (Å²) in [7, 11) is 0. The molecule has 0 aliphatic carbocycles. The van der Waals surface area contributed by atoms with Gasteiger partial charge in [-0.15, -0.1) is 0 Å². The SMILES string of the molecule is Fc1cc(CN2CCN(c3nccc(C(F)(F)F)n3)CC2)ccc1Br. The first-order valence-corrected chi connectivity index (χ1v) is 8.44. The van der Waals surface area contributed by atoms with Crippen LogP contribution in [0.4, 0.5) is 23.5 Å². The number of anilines is 1. The van der Waals surface area contributed by atoms with Crippen LogP contribution in [0.2, 0.25) is 0 Å². The van der Waals surface area contributed by atoms with Crippen molar-refractivity contribution in [2.75, 3.05) is 31.1 Å². The van der Waals surface area contributed by atoms with E-state index < -0.39 is 11.9 Å². The van der Waals surface area contributed by atoms with Gasteiger partial charge in [0.25, 0.3) is 0 Å². The molecule has 0 radical (unpaired) electrons. The van der Waals surface area contributed by atoms with E-state index in [4.69, 9.17) is 0 Å². The van der Waals surface area contributed by atoms with Gasteiger partial charge in [-0.2, -0.15) is 13.2 Å². The van der Waals surface area contributed by atoms with Crippen LogP contribution in [0.3, 0.4) is 0 Å². The van der Waals surface area contributed by atoms with Crippen LogP contribution >= 0.6 is 15.9 Å². The Balaban J connectivity index is 1.61. The van der Waals surface area contributed by atoms with Crippen LogP contribution in [0.5, 0.6) is 0 Å². The van der Waals surface area contributed by atoms with Crippen LogP contribution in [-0.2, 0) is 12.7 Å². The van der Waals surface area contributed by atoms with E-state index in [9.17, 15) is 17.6 Å². The molecule has 0 N–H and O–H groups in total. The highest BCUT2D eigenvalue weighted by Crippen LogP contribution is 2.28. The molecule has 0 bridgehead atoms. The minimum Gasteiger partial charge on any atom is -0.338 e. The van der Waals surface area contributed by atoms with Crippen LogP contribution in [0.15, 0.2) is 34.9 Å². The quantitative estimate of drug-likeness (QED) is 0.711. The molecule has 1 aromatic carbocycles. The topological polar surface area (TPSA) is 32.3 Å². The average molecular weight is 419 g/mol. The first-order chi connectivity index (χ1) is 11.8. The Labute approximate surface area is 150 Å². The Morgan fingerprint density at radius 1 is 1.08 bits per heavy atom. The number of piperazine rings is 1. The van der Waals surface area contributed by atoms with Crippen molar-refractivity contribution in [3.8, 4) is 0 Å². The number of rotatable bonds is 3. The summed E-state index contributed by atoms with van der Waals surface area (Å²) in [4.78, 5) is 11.4. The molecular weight excluding hydrogens is 404 g/mol. The predicted octanol–water partition coefficient (Wildman–Crippen LogP) is 3.72. The van der Waals surface area contributed by atoms with Gasteiger partial charge in [0.15, 0.2) is 0 Å². The van der Waals surface area contributed by atoms with E-state index in [1.54, 1.807) is 11.0 Å². The highest BCUT2D eigenvalue weighted by molar-refractivity contribution is 9.10. The Kier molecular flexibility index (Phi) is 5.24. The molecule has 0 atom stereocenters. The maximum Gasteiger partial charge on any atom is 0.433 e. The van der Waals surface area contributed by atoms with Crippen molar-refractivity contribution in [2.45, 2.75) is 12.7 Å². The van der Waals surface area contributed by atoms with Gasteiger partial charge in [0, 0.05) is 38.9 Å². The largest absolute Gasteiger partial charge is 0.433 e. The zero-order valence-electron chi connectivity index (χ0n) is 13.1. The lowest BCUT2D eigenvalue weighted by Gasteiger charge is -2.34. The molecule has 1 aromatic heterocycles. The van der Waals surface area contributed by atoms with Crippen LogP contribution in [-0.4, -0.2) is 41.0 Å². The zero-order valence-corrected chi connectivity index (χ0v) is 14.7. The second-order valence-corrected chi connectivity index (χ2v) is 6.61. The average Bonchev–Trinajstić information content (AvgIpc) is 2.58. The van der Waals surface area contributed by atoms with Crippen LogP contribution in [0.25, 0.3) is 0 Å². The first-order valence-electron chi connectivity index (χ1n) is 7.64. The fourth-order valence-corrected chi connectivity index (χ4v) is 2.91. The number of alkyl halides is 3. The van der Waals surface area contributed by atoms with Crippen LogP contribution in [0, 0.1) is 5.82 Å². The molecule has 0 spiro atoms. The molecule has 3 rings (SSSR count). The van der Waals surface area contributed by atoms with Crippen molar-refractivity contribution in [3.05, 3.63) is 52.0 Å². The molecule has 1 aliphatic heterocycles. The van der Waals surface area contributed by atoms with E-state index in [2.05, 4.69) is 30.8 Å². The van der Waals surface area contributed by atoms with E-state index in [1.165, 1.54) is 6.07 Å². The molecule has 4 nitrogen and oxygen atoms in total. The van der Waals surface area contributed by atoms with Gasteiger partial charge in [-0.3, -0.25) is 4.90 Å². The van der Waals surface area contributed by atoms with Gasteiger partial charge in [0.05, 0.1) is 4.47 Å². The fraction of sp³-hybridized carbons (Fsp3) is 0.375. The molecule has 1 saturated heterocycles. The standard InChI is InChI=1S/C16H15BrF4N4/c17-12-2-1-11(9-13(12)18)10-24-5-7-25(8-6-24)15-22-4-3-14(23-15)16(19,20)21/h1-4,9H,5-8,10H2. The van der Waals surface area contributed by atoms with Crippen molar-refractivity contribution in [1.29, 1.82) is 0 Å². The summed E-state index contributed by atoms with van der Waals surface area (Å²) in [6, 6.07) is 5.85. The molecule has 2 heterocycles. The third-order valence-corrected chi connectivity index (χ3v) is 4.62. The minimum absolute atomic E-state index is 0.0872. The Morgan fingerprint density at radius 2 is 1.80 bits per heavy atom. The van der Waals surface area contributed by atoms with Crippen LogP contribution in [0.1, 0.15) is 11.3 Å². The fourth-order valence-electron chi connectivity index (χ4n) is 2.66. The molecule has 1 aliphatic rings. The van der Waals surface area contributed by atoms with Crippen molar-refractivity contribution in [1.82, 2.24) is 14.9 Å². The summed E-state index contributed by atoms with van der Waals surface area (Å²) in [6.07, 6.45) is -3.35. The lowest BCUT2D eigenvalue weighted by atomic mass is 10.2. The van der Waals surface area contributed by atoms with Gasteiger partial charge < -0.3 is 4.90 Å². The molecule has 2 aromatic rings. The molecule has 25 heavy (non-hydrogen) atoms. The normalized spacial score (nSPS) is 16.3. The van der Waals surface area contributed by atoms with Gasteiger partial charge >= 0.3 is 6.18 Å². The lowest BCUT2D eigenvalue weighted by Crippen LogP contribution is -2.46. The van der Waals surface area contributed by atoms with Gasteiger partial charge in [0.1, 0.15) is 11.5 Å². The van der Waals surface area contributed by atoms with Crippen molar-refractivity contribution >= 4 is 21.9 Å². The van der Waals surface area contributed by atoms with Gasteiger partial charge in [-0.1, -0.05) is 6.07 Å². The summed E-state index contributed by atoms with van der Waals surface area (Å²) >= 11 is 3.12. The van der Waals surface area contributed by atoms with Crippen LogP contribution < -0.4 is 4.90 Å². The number of hydrogen-bond donors (Lipinski definition) is 0. The second kappa shape index (κ2) is 7.25. The van der Waals surface area contributed by atoms with Gasteiger partial charge in [-0.05, 0) is 39.7 Å². The van der Waals surface area contributed by atoms with Crippen molar-refractivity contribution in [2.24, 2.45) is 0 Å². The number of halogens is 5. The highest BCUT2D eigenvalue weighted by atomic mass is 79.9. The predicted molar refractivity (Wildman–Crippen MR) is 88.6 cm³/mol. The van der Waals surface area contributed by atoms with Gasteiger partial charge in [-0.25, -0.2) is 14.4 Å². The molecule has 134 valence electrons. The molecule has 0 saturated carbocycles. The van der Waals surface area contributed by atoms with E-state index >= 15 is 0 Å². The van der Waals surface area contributed by atoms with E-state index in [0.717, 1.165) is 17.8 Å². The maximum atomic E-state index is 13.6. The summed E-state index contributed by atoms with van der Waals surface area (Å²) in [5.74, 6) is -0.224. The smallest absolute Gasteiger partial charge is 0.338 e. The monoisotopic (exact) mass is 418 g/mol. The molecule has 9 heteroatoms. The minimum atomic E-state index is -4.48. The zero-order chi connectivity index (χ0) is 18.0. The number of benzene rings is 1. The summed E-state index contributed by atoms with van der Waals surface area (Å²) in [5, 5.41) is 0. The van der Waals surface area contributed by atoms with E-state index in [-0.39, 0.29) is 11.8 Å². The Hall–Kier alpha value is -1.74. The lowest BCUT2D eigenvalue weighted by molar-refractivity contribution is -0.141. The van der Waals surface area contributed by atoms with Crippen molar-refractivity contribution < 1.29 is 17.6 Å². The summed E-state index contributed by atoms with van der Waals surface area (Å²) < 4.78 is 52.2. The second-order valence-electron chi connectivity index (χ2n) is 5.75. The first kappa shape index (κ1) is 18.1. The maximum absolute atomic E-state index is 13.6. The van der Waals surface area contributed by atoms with Crippen molar-refractivity contribution in [3.63, 3.8) is 0 Å². The summed E-state index contributed by atoms with van der Waals surface area (Å²) in [5.41, 5.74) is -0.0882. The highest BCUT2D eigenvalue weighted by Gasteiger charge is 2.33. The van der Waals surface area contributed by atoms with E-state index in [1.807, 2.05) is 6.07 Å². The molecule has 0 unspecified atom stereocenters. The molecule has 1 fully saturated rings. The molecule has 0 amide bonds. The molecular formula is C16H15BrF4N4. The third kappa shape index (κ3) is 4.46. The summed E-state index contributed by atoms with van der Waals surface area (Å²) in [6.45, 7) is 2.89. The van der Waals surface area contributed by atoms with E-state index in [0.29, 0.717) is 37.2 Å². The number of aromatic nitrogens is 2.